The van der Waals surface area contributed by atoms with Crippen LogP contribution in [-0.4, -0.2) is 19.7 Å². The summed E-state index contributed by atoms with van der Waals surface area (Å²) in [5.74, 6) is 0. The summed E-state index contributed by atoms with van der Waals surface area (Å²) < 4.78 is 1.78. The molecule has 0 bridgehead atoms. The summed E-state index contributed by atoms with van der Waals surface area (Å²) in [5.41, 5.74) is 2.85. The lowest BCUT2D eigenvalue weighted by atomic mass is 10.2. The van der Waals surface area contributed by atoms with E-state index in [2.05, 4.69) is 15.1 Å². The van der Waals surface area contributed by atoms with E-state index in [1.54, 1.807) is 10.9 Å². The molecule has 2 aromatic heterocycles. The van der Waals surface area contributed by atoms with Crippen LogP contribution in [0.15, 0.2) is 36.8 Å². The van der Waals surface area contributed by atoms with Crippen molar-refractivity contribution >= 4 is 22.6 Å². The molecule has 0 radical (unpaired) electrons. The lowest BCUT2D eigenvalue weighted by molar-refractivity contribution is 0.887. The number of benzene rings is 1. The molecule has 0 aliphatic heterocycles. The summed E-state index contributed by atoms with van der Waals surface area (Å²) in [7, 11) is 0. The van der Waals surface area contributed by atoms with Gasteiger partial charge in [-0.3, -0.25) is 0 Å². The molecule has 0 saturated heterocycles. The first-order chi connectivity index (χ1) is 8.27. The van der Waals surface area contributed by atoms with Gasteiger partial charge in [0.15, 0.2) is 5.65 Å². The highest BCUT2D eigenvalue weighted by Crippen LogP contribution is 2.22. The van der Waals surface area contributed by atoms with E-state index < -0.39 is 0 Å². The number of rotatable bonds is 1. The van der Waals surface area contributed by atoms with Crippen molar-refractivity contribution in [3.05, 3.63) is 47.5 Å². The van der Waals surface area contributed by atoms with E-state index >= 15 is 0 Å². The van der Waals surface area contributed by atoms with Crippen molar-refractivity contribution in [2.24, 2.45) is 0 Å². The van der Waals surface area contributed by atoms with Crippen LogP contribution < -0.4 is 0 Å². The topological polar surface area (TPSA) is 43.6 Å². The molecule has 2 heterocycles. The van der Waals surface area contributed by atoms with Gasteiger partial charge in [0.05, 0.1) is 17.3 Å². The predicted octanol–water partition coefficient (Wildman–Crippen LogP) is 2.78. The standard InChI is InChI=1S/C12H9ClN4/c1-8-4-2-3-5-10(8)17-12-9(6-16-17)11(13)14-7-15-12/h2-7H,1H3. The van der Waals surface area contributed by atoms with Crippen LogP contribution >= 0.6 is 11.6 Å². The second-order valence-electron chi connectivity index (χ2n) is 3.74. The second kappa shape index (κ2) is 3.82. The van der Waals surface area contributed by atoms with Gasteiger partial charge in [-0.15, -0.1) is 0 Å². The van der Waals surface area contributed by atoms with Gasteiger partial charge in [0, 0.05) is 0 Å². The van der Waals surface area contributed by atoms with Gasteiger partial charge < -0.3 is 0 Å². The van der Waals surface area contributed by atoms with E-state index in [0.717, 1.165) is 22.3 Å². The zero-order valence-electron chi connectivity index (χ0n) is 9.13. The first kappa shape index (κ1) is 10.2. The molecule has 0 amide bonds. The van der Waals surface area contributed by atoms with Crippen LogP contribution in [0, 0.1) is 6.92 Å². The minimum atomic E-state index is 0.426. The Hall–Kier alpha value is -1.94. The SMILES string of the molecule is Cc1ccccc1-n1ncc2c(Cl)ncnc21. The lowest BCUT2D eigenvalue weighted by Crippen LogP contribution is -1.99. The Morgan fingerprint density at radius 2 is 2.00 bits per heavy atom. The number of aromatic nitrogens is 4. The molecule has 0 spiro atoms. The van der Waals surface area contributed by atoms with E-state index in [1.807, 2.05) is 31.2 Å². The Kier molecular flexibility index (Phi) is 2.30. The smallest absolute Gasteiger partial charge is 0.167 e. The average molecular weight is 245 g/mol. The van der Waals surface area contributed by atoms with Crippen LogP contribution in [0.2, 0.25) is 5.15 Å². The predicted molar refractivity (Wildman–Crippen MR) is 66.4 cm³/mol. The van der Waals surface area contributed by atoms with Gasteiger partial charge in [0.25, 0.3) is 0 Å². The van der Waals surface area contributed by atoms with Crippen LogP contribution in [0.25, 0.3) is 16.7 Å². The Morgan fingerprint density at radius 3 is 2.82 bits per heavy atom. The van der Waals surface area contributed by atoms with Crippen molar-refractivity contribution < 1.29 is 0 Å². The Bertz CT molecular complexity index is 690. The maximum absolute atomic E-state index is 5.99. The van der Waals surface area contributed by atoms with Crippen molar-refractivity contribution in [2.75, 3.05) is 0 Å². The lowest BCUT2D eigenvalue weighted by Gasteiger charge is -2.05. The average Bonchev–Trinajstić information content (AvgIpc) is 2.75. The molecule has 4 nitrogen and oxygen atoms in total. The summed E-state index contributed by atoms with van der Waals surface area (Å²) in [6.45, 7) is 2.03. The van der Waals surface area contributed by atoms with Crippen LogP contribution in [0.4, 0.5) is 0 Å². The molecule has 0 fully saturated rings. The fourth-order valence-corrected chi connectivity index (χ4v) is 1.97. The molecule has 1 aromatic carbocycles. The summed E-state index contributed by atoms with van der Waals surface area (Å²) in [6, 6.07) is 7.99. The number of fused-ring (bicyclic) bond motifs is 1. The third-order valence-corrected chi connectivity index (χ3v) is 2.96. The minimum absolute atomic E-state index is 0.426. The maximum atomic E-state index is 5.99. The zero-order valence-corrected chi connectivity index (χ0v) is 9.89. The van der Waals surface area contributed by atoms with E-state index in [0.29, 0.717) is 5.15 Å². The zero-order chi connectivity index (χ0) is 11.8. The maximum Gasteiger partial charge on any atom is 0.167 e. The highest BCUT2D eigenvalue weighted by molar-refractivity contribution is 6.33. The van der Waals surface area contributed by atoms with Crippen LogP contribution in [0.5, 0.6) is 0 Å². The molecule has 0 aliphatic rings. The van der Waals surface area contributed by atoms with Crippen LogP contribution in [-0.2, 0) is 0 Å². The number of hydrogen-bond donors (Lipinski definition) is 0. The van der Waals surface area contributed by atoms with E-state index in [4.69, 9.17) is 11.6 Å². The van der Waals surface area contributed by atoms with Crippen molar-refractivity contribution in [1.82, 2.24) is 19.7 Å². The fourth-order valence-electron chi connectivity index (χ4n) is 1.79. The minimum Gasteiger partial charge on any atom is -0.224 e. The molecule has 17 heavy (non-hydrogen) atoms. The fraction of sp³-hybridized carbons (Fsp3) is 0.0833. The third kappa shape index (κ3) is 1.57. The van der Waals surface area contributed by atoms with E-state index in [1.165, 1.54) is 6.33 Å². The molecule has 0 atom stereocenters. The number of para-hydroxylation sites is 1. The molecule has 0 unspecified atom stereocenters. The van der Waals surface area contributed by atoms with Gasteiger partial charge in [-0.25, -0.2) is 14.6 Å². The summed E-state index contributed by atoms with van der Waals surface area (Å²) in [4.78, 5) is 8.16. The van der Waals surface area contributed by atoms with Gasteiger partial charge in [-0.2, -0.15) is 5.10 Å². The van der Waals surface area contributed by atoms with Gasteiger partial charge in [0.2, 0.25) is 0 Å². The Labute approximate surface area is 103 Å². The van der Waals surface area contributed by atoms with Crippen molar-refractivity contribution in [1.29, 1.82) is 0 Å². The number of nitrogens with zero attached hydrogens (tertiary/aromatic N) is 4. The molecule has 3 rings (SSSR count). The summed E-state index contributed by atoms with van der Waals surface area (Å²) in [5, 5.41) is 5.50. The molecule has 0 aliphatic carbocycles. The molecular weight excluding hydrogens is 236 g/mol. The highest BCUT2D eigenvalue weighted by Gasteiger charge is 2.10. The first-order valence-electron chi connectivity index (χ1n) is 5.17. The first-order valence-corrected chi connectivity index (χ1v) is 5.55. The molecule has 5 heteroatoms. The number of hydrogen-bond acceptors (Lipinski definition) is 3. The Morgan fingerprint density at radius 1 is 1.18 bits per heavy atom. The van der Waals surface area contributed by atoms with Gasteiger partial charge >= 0.3 is 0 Å². The Balaban J connectivity index is 2.33. The quantitative estimate of drug-likeness (QED) is 0.618. The monoisotopic (exact) mass is 244 g/mol. The second-order valence-corrected chi connectivity index (χ2v) is 4.10. The van der Waals surface area contributed by atoms with Crippen LogP contribution in [0.3, 0.4) is 0 Å². The molecule has 0 saturated carbocycles. The molecule has 84 valence electrons. The van der Waals surface area contributed by atoms with Gasteiger partial charge in [-0.05, 0) is 18.6 Å². The number of halogens is 1. The summed E-state index contributed by atoms with van der Waals surface area (Å²) >= 11 is 5.99. The summed E-state index contributed by atoms with van der Waals surface area (Å²) in [6.07, 6.45) is 3.13. The molecule has 3 aromatic rings. The third-order valence-electron chi connectivity index (χ3n) is 2.66. The van der Waals surface area contributed by atoms with Crippen LogP contribution in [0.1, 0.15) is 5.56 Å². The number of aryl methyl sites for hydroxylation is 1. The van der Waals surface area contributed by atoms with Gasteiger partial charge in [0.1, 0.15) is 11.5 Å². The molecule has 0 N–H and O–H groups in total. The normalized spacial score (nSPS) is 10.9. The van der Waals surface area contributed by atoms with E-state index in [9.17, 15) is 0 Å². The molecular formula is C12H9ClN4. The van der Waals surface area contributed by atoms with Gasteiger partial charge in [-0.1, -0.05) is 29.8 Å². The van der Waals surface area contributed by atoms with Crippen molar-refractivity contribution in [2.45, 2.75) is 6.92 Å². The van der Waals surface area contributed by atoms with Crippen molar-refractivity contribution in [3.63, 3.8) is 0 Å². The van der Waals surface area contributed by atoms with E-state index in [-0.39, 0.29) is 0 Å². The van der Waals surface area contributed by atoms with Crippen molar-refractivity contribution in [3.8, 4) is 5.69 Å². The highest BCUT2D eigenvalue weighted by atomic mass is 35.5. The largest absolute Gasteiger partial charge is 0.224 e.